The Bertz CT molecular complexity index is 616. The number of benzene rings is 1. The van der Waals surface area contributed by atoms with E-state index in [1.54, 1.807) is 7.11 Å². The molecule has 1 aromatic heterocycles. The predicted octanol–water partition coefficient (Wildman–Crippen LogP) is 3.70. The largest absolute Gasteiger partial charge is 0.497 e. The normalized spacial score (nSPS) is 23.1. The number of rotatable bonds is 2. The predicted molar refractivity (Wildman–Crippen MR) is 83.9 cm³/mol. The Morgan fingerprint density at radius 1 is 1.35 bits per heavy atom. The van der Waals surface area contributed by atoms with Gasteiger partial charge in [0.15, 0.2) is 0 Å². The Balaban J connectivity index is 1.99. The van der Waals surface area contributed by atoms with Gasteiger partial charge in [0.2, 0.25) is 0 Å². The maximum Gasteiger partial charge on any atom is 0.136 e. The molecule has 2 heterocycles. The average Bonchev–Trinajstić information content (AvgIpc) is 2.49. The topological polar surface area (TPSA) is 25.4 Å². The highest BCUT2D eigenvalue weighted by Crippen LogP contribution is 2.31. The summed E-state index contributed by atoms with van der Waals surface area (Å²) in [5.74, 6) is 2.42. The smallest absolute Gasteiger partial charge is 0.136 e. The Kier molecular flexibility index (Phi) is 3.70. The number of pyridine rings is 1. The monoisotopic (exact) mass is 290 g/mol. The number of methoxy groups -OCH3 is 1. The van der Waals surface area contributed by atoms with E-state index >= 15 is 0 Å². The molecule has 0 saturated carbocycles. The van der Waals surface area contributed by atoms with E-state index in [4.69, 9.17) is 16.3 Å². The maximum atomic E-state index is 6.31. The molecule has 20 heavy (non-hydrogen) atoms. The minimum atomic E-state index is 0.279. The van der Waals surface area contributed by atoms with Crippen LogP contribution in [0.15, 0.2) is 30.5 Å². The van der Waals surface area contributed by atoms with E-state index in [1.807, 2.05) is 18.3 Å². The minimum absolute atomic E-state index is 0.279. The number of alkyl halides is 1. The van der Waals surface area contributed by atoms with Gasteiger partial charge in [-0.25, -0.2) is 4.98 Å². The molecule has 0 radical (unpaired) electrons. The fourth-order valence-electron chi connectivity index (χ4n) is 2.83. The molecule has 0 N–H and O–H groups in total. The third kappa shape index (κ3) is 2.42. The first kappa shape index (κ1) is 13.5. The summed E-state index contributed by atoms with van der Waals surface area (Å²) in [6.07, 6.45) is 2.88. The number of anilines is 1. The molecule has 1 aromatic carbocycles. The number of hydrogen-bond donors (Lipinski definition) is 0. The second kappa shape index (κ2) is 5.49. The van der Waals surface area contributed by atoms with Crippen molar-refractivity contribution in [3.8, 4) is 5.75 Å². The van der Waals surface area contributed by atoms with E-state index in [2.05, 4.69) is 28.9 Å². The number of piperidine rings is 1. The molecule has 3 nitrogen and oxygen atoms in total. The Hall–Kier alpha value is -1.48. The molecule has 0 amide bonds. The van der Waals surface area contributed by atoms with Crippen LogP contribution in [-0.2, 0) is 0 Å². The molecule has 2 aromatic rings. The molecule has 1 fully saturated rings. The summed E-state index contributed by atoms with van der Waals surface area (Å²) in [5.41, 5.74) is 0. The van der Waals surface area contributed by atoms with E-state index in [1.165, 1.54) is 5.39 Å². The Morgan fingerprint density at radius 2 is 2.20 bits per heavy atom. The number of nitrogens with zero attached hydrogens (tertiary/aromatic N) is 2. The zero-order valence-electron chi connectivity index (χ0n) is 11.8. The number of aromatic nitrogens is 1. The summed E-state index contributed by atoms with van der Waals surface area (Å²) in [6, 6.07) is 8.16. The highest BCUT2D eigenvalue weighted by atomic mass is 35.5. The molecular weight excluding hydrogens is 272 g/mol. The lowest BCUT2D eigenvalue weighted by atomic mass is 9.99. The quantitative estimate of drug-likeness (QED) is 0.789. The summed E-state index contributed by atoms with van der Waals surface area (Å²) in [4.78, 5) is 6.93. The highest BCUT2D eigenvalue weighted by molar-refractivity contribution is 6.20. The third-order valence-corrected chi connectivity index (χ3v) is 4.70. The molecule has 0 aliphatic carbocycles. The molecule has 2 atom stereocenters. The van der Waals surface area contributed by atoms with Crippen molar-refractivity contribution in [2.24, 2.45) is 5.92 Å². The first-order chi connectivity index (χ1) is 9.69. The van der Waals surface area contributed by atoms with Gasteiger partial charge in [-0.2, -0.15) is 0 Å². The number of halogens is 1. The maximum absolute atomic E-state index is 6.31. The lowest BCUT2D eigenvalue weighted by Crippen LogP contribution is -2.40. The van der Waals surface area contributed by atoms with E-state index in [0.717, 1.165) is 36.5 Å². The molecule has 2 unspecified atom stereocenters. The van der Waals surface area contributed by atoms with Crippen molar-refractivity contribution in [2.45, 2.75) is 18.7 Å². The zero-order valence-corrected chi connectivity index (χ0v) is 12.6. The SMILES string of the molecule is COc1ccc2c(N3CCC(Cl)C(C)C3)nccc2c1. The first-order valence-electron chi connectivity index (χ1n) is 7.01. The number of ether oxygens (including phenoxy) is 1. The lowest BCUT2D eigenvalue weighted by molar-refractivity contribution is 0.415. The third-order valence-electron chi connectivity index (χ3n) is 4.05. The van der Waals surface area contributed by atoms with Crippen LogP contribution < -0.4 is 9.64 Å². The van der Waals surface area contributed by atoms with Crippen molar-refractivity contribution >= 4 is 28.2 Å². The summed E-state index contributed by atoms with van der Waals surface area (Å²) in [5, 5.41) is 2.62. The fraction of sp³-hybridized carbons (Fsp3) is 0.438. The van der Waals surface area contributed by atoms with Gasteiger partial charge in [0.1, 0.15) is 11.6 Å². The molecule has 3 rings (SSSR count). The Morgan fingerprint density at radius 3 is 2.95 bits per heavy atom. The Labute approximate surface area is 124 Å². The van der Waals surface area contributed by atoms with Gasteiger partial charge in [0.05, 0.1) is 7.11 Å². The van der Waals surface area contributed by atoms with Gasteiger partial charge in [-0.1, -0.05) is 6.92 Å². The van der Waals surface area contributed by atoms with Crippen LogP contribution >= 0.6 is 11.6 Å². The molecule has 4 heteroatoms. The molecule has 1 saturated heterocycles. The molecule has 0 spiro atoms. The van der Waals surface area contributed by atoms with Crippen molar-refractivity contribution in [2.75, 3.05) is 25.1 Å². The lowest BCUT2D eigenvalue weighted by Gasteiger charge is -2.35. The van der Waals surface area contributed by atoms with Gasteiger partial charge in [-0.3, -0.25) is 0 Å². The summed E-state index contributed by atoms with van der Waals surface area (Å²) in [7, 11) is 1.69. The number of hydrogen-bond acceptors (Lipinski definition) is 3. The van der Waals surface area contributed by atoms with Crippen molar-refractivity contribution in [3.63, 3.8) is 0 Å². The summed E-state index contributed by atoms with van der Waals surface area (Å²) < 4.78 is 5.29. The molecular formula is C16H19ClN2O. The summed E-state index contributed by atoms with van der Waals surface area (Å²) >= 11 is 6.31. The van der Waals surface area contributed by atoms with Crippen molar-refractivity contribution < 1.29 is 4.74 Å². The first-order valence-corrected chi connectivity index (χ1v) is 7.44. The molecule has 1 aliphatic rings. The van der Waals surface area contributed by atoms with Crippen LogP contribution in [0.2, 0.25) is 0 Å². The van der Waals surface area contributed by atoms with Crippen LogP contribution in [0.3, 0.4) is 0 Å². The molecule has 1 aliphatic heterocycles. The van der Waals surface area contributed by atoms with Crippen molar-refractivity contribution in [1.82, 2.24) is 4.98 Å². The minimum Gasteiger partial charge on any atom is -0.497 e. The van der Waals surface area contributed by atoms with Crippen LogP contribution in [0.1, 0.15) is 13.3 Å². The van der Waals surface area contributed by atoms with E-state index in [0.29, 0.717) is 5.92 Å². The fourth-order valence-corrected chi connectivity index (χ4v) is 3.01. The highest BCUT2D eigenvalue weighted by Gasteiger charge is 2.25. The number of fused-ring (bicyclic) bond motifs is 1. The van der Waals surface area contributed by atoms with Crippen molar-refractivity contribution in [3.05, 3.63) is 30.5 Å². The van der Waals surface area contributed by atoms with Gasteiger partial charge in [0.25, 0.3) is 0 Å². The van der Waals surface area contributed by atoms with Gasteiger partial charge in [-0.15, -0.1) is 11.6 Å². The van der Waals surface area contributed by atoms with Crippen LogP contribution in [0.4, 0.5) is 5.82 Å². The van der Waals surface area contributed by atoms with Crippen molar-refractivity contribution in [1.29, 1.82) is 0 Å². The standard InChI is InChI=1S/C16H19ClN2O/c1-11-10-19(8-6-15(11)17)16-14-4-3-13(20-2)9-12(14)5-7-18-16/h3-5,7,9,11,15H,6,8,10H2,1-2H3. The summed E-state index contributed by atoms with van der Waals surface area (Å²) in [6.45, 7) is 4.14. The van der Waals surface area contributed by atoms with Gasteiger partial charge in [0, 0.05) is 30.0 Å². The van der Waals surface area contributed by atoms with E-state index in [-0.39, 0.29) is 5.38 Å². The van der Waals surface area contributed by atoms with Crippen LogP contribution in [0.5, 0.6) is 5.75 Å². The molecule has 0 bridgehead atoms. The van der Waals surface area contributed by atoms with E-state index in [9.17, 15) is 0 Å². The van der Waals surface area contributed by atoms with Crippen LogP contribution in [0.25, 0.3) is 10.8 Å². The van der Waals surface area contributed by atoms with Crippen LogP contribution in [0, 0.1) is 5.92 Å². The molecule has 106 valence electrons. The average molecular weight is 291 g/mol. The second-order valence-corrected chi connectivity index (χ2v) is 6.01. The van der Waals surface area contributed by atoms with Gasteiger partial charge >= 0.3 is 0 Å². The second-order valence-electron chi connectivity index (χ2n) is 5.45. The van der Waals surface area contributed by atoms with E-state index < -0.39 is 0 Å². The zero-order chi connectivity index (χ0) is 14.1. The van der Waals surface area contributed by atoms with Crippen LogP contribution in [-0.4, -0.2) is 30.6 Å². The van der Waals surface area contributed by atoms with Gasteiger partial charge < -0.3 is 9.64 Å². The van der Waals surface area contributed by atoms with Gasteiger partial charge in [-0.05, 0) is 42.0 Å².